The van der Waals surface area contributed by atoms with Crippen LogP contribution < -0.4 is 4.74 Å². The number of benzene rings is 1. The molecule has 0 radical (unpaired) electrons. The number of nitrogens with zero attached hydrogens (tertiary/aromatic N) is 2. The molecule has 0 aliphatic heterocycles. The molecule has 1 aromatic heterocycles. The molecule has 2 aromatic rings. The first-order valence-corrected chi connectivity index (χ1v) is 7.52. The van der Waals surface area contributed by atoms with Crippen molar-refractivity contribution in [2.24, 2.45) is 4.99 Å². The van der Waals surface area contributed by atoms with E-state index in [0.717, 1.165) is 47.1 Å². The fourth-order valence-electron chi connectivity index (χ4n) is 1.61. The average molecular weight is 304 g/mol. The number of nitro groups is 1. The Morgan fingerprint density at radius 3 is 2.67 bits per heavy atom. The highest BCUT2D eigenvalue weighted by Gasteiger charge is 2.07. The summed E-state index contributed by atoms with van der Waals surface area (Å²) in [6, 6.07) is 10.6. The van der Waals surface area contributed by atoms with Gasteiger partial charge in [-0.15, -0.1) is 0 Å². The van der Waals surface area contributed by atoms with Crippen molar-refractivity contribution in [1.29, 1.82) is 0 Å². The maximum absolute atomic E-state index is 10.6. The highest BCUT2D eigenvalue weighted by molar-refractivity contribution is 7.16. The first-order valence-electron chi connectivity index (χ1n) is 6.70. The smallest absolute Gasteiger partial charge is 0.324 e. The Balaban J connectivity index is 1.95. The molecular weight excluding hydrogens is 288 g/mol. The Bertz CT molecular complexity index is 620. The quantitative estimate of drug-likeness (QED) is 0.325. The van der Waals surface area contributed by atoms with E-state index in [4.69, 9.17) is 4.74 Å². The largest absolute Gasteiger partial charge is 0.494 e. The molecule has 0 amide bonds. The Morgan fingerprint density at radius 2 is 2.05 bits per heavy atom. The lowest BCUT2D eigenvalue weighted by molar-refractivity contribution is -0.380. The number of rotatable bonds is 7. The topological polar surface area (TPSA) is 64.7 Å². The third-order valence-corrected chi connectivity index (χ3v) is 3.71. The Kier molecular flexibility index (Phi) is 5.45. The minimum Gasteiger partial charge on any atom is -0.494 e. The highest BCUT2D eigenvalue weighted by atomic mass is 32.1. The number of unbranched alkanes of at least 4 members (excludes halogenated alkanes) is 1. The Labute approximate surface area is 127 Å². The van der Waals surface area contributed by atoms with Gasteiger partial charge in [-0.05, 0) is 36.8 Å². The van der Waals surface area contributed by atoms with Gasteiger partial charge in [0, 0.05) is 12.3 Å². The predicted molar refractivity (Wildman–Crippen MR) is 85.1 cm³/mol. The van der Waals surface area contributed by atoms with Crippen LogP contribution in [0.25, 0.3) is 0 Å². The van der Waals surface area contributed by atoms with Gasteiger partial charge >= 0.3 is 5.00 Å². The molecule has 1 aromatic carbocycles. The number of hydrogen-bond donors (Lipinski definition) is 0. The molecule has 2 rings (SSSR count). The molecule has 0 N–H and O–H groups in total. The van der Waals surface area contributed by atoms with Gasteiger partial charge in [-0.1, -0.05) is 24.7 Å². The molecule has 0 aliphatic rings. The van der Waals surface area contributed by atoms with Crippen molar-refractivity contribution in [3.05, 3.63) is 51.4 Å². The van der Waals surface area contributed by atoms with Gasteiger partial charge in [-0.2, -0.15) is 0 Å². The van der Waals surface area contributed by atoms with Crippen molar-refractivity contribution in [3.63, 3.8) is 0 Å². The first-order chi connectivity index (χ1) is 10.2. The van der Waals surface area contributed by atoms with Crippen LogP contribution in [0, 0.1) is 10.1 Å². The van der Waals surface area contributed by atoms with E-state index >= 15 is 0 Å². The third-order valence-electron chi connectivity index (χ3n) is 2.74. The Hall–Kier alpha value is -2.21. The zero-order chi connectivity index (χ0) is 15.1. The molecule has 0 spiro atoms. The number of ether oxygens (including phenoxy) is 1. The predicted octanol–water partition coefficient (Wildman–Crippen LogP) is 4.59. The zero-order valence-electron chi connectivity index (χ0n) is 11.7. The van der Waals surface area contributed by atoms with E-state index in [9.17, 15) is 10.1 Å². The molecule has 0 unspecified atom stereocenters. The van der Waals surface area contributed by atoms with E-state index < -0.39 is 4.92 Å². The van der Waals surface area contributed by atoms with Gasteiger partial charge in [0.1, 0.15) is 5.75 Å². The van der Waals surface area contributed by atoms with Crippen molar-refractivity contribution >= 4 is 28.2 Å². The van der Waals surface area contributed by atoms with Crippen LogP contribution in [0.2, 0.25) is 0 Å². The van der Waals surface area contributed by atoms with Crippen LogP contribution in [-0.4, -0.2) is 17.7 Å². The SMILES string of the molecule is CCCCOc1ccc(N=Cc2ccc([N+](=O)[O-])s2)cc1. The van der Waals surface area contributed by atoms with Crippen LogP contribution in [0.3, 0.4) is 0 Å². The summed E-state index contributed by atoms with van der Waals surface area (Å²) in [4.78, 5) is 15.2. The molecule has 1 heterocycles. The summed E-state index contributed by atoms with van der Waals surface area (Å²) in [5.74, 6) is 0.828. The maximum Gasteiger partial charge on any atom is 0.324 e. The molecule has 0 fully saturated rings. The summed E-state index contributed by atoms with van der Waals surface area (Å²) < 4.78 is 5.57. The van der Waals surface area contributed by atoms with Gasteiger partial charge in [0.05, 0.1) is 22.1 Å². The number of thiophene rings is 1. The first kappa shape index (κ1) is 15.2. The van der Waals surface area contributed by atoms with E-state index in [1.165, 1.54) is 6.07 Å². The van der Waals surface area contributed by atoms with Crippen molar-refractivity contribution in [2.45, 2.75) is 19.8 Å². The normalized spacial score (nSPS) is 10.9. The molecule has 0 saturated carbocycles. The standard InChI is InChI=1S/C15H16N2O3S/c1-2-3-10-20-13-6-4-12(5-7-13)16-11-14-8-9-15(21-14)17(18)19/h4-9,11H,2-3,10H2,1H3. The fourth-order valence-corrected chi connectivity index (χ4v) is 2.30. The van der Waals surface area contributed by atoms with E-state index in [1.807, 2.05) is 24.3 Å². The maximum atomic E-state index is 10.6. The average Bonchev–Trinajstić information content (AvgIpc) is 2.96. The lowest BCUT2D eigenvalue weighted by Gasteiger charge is -2.04. The molecule has 6 heteroatoms. The molecule has 5 nitrogen and oxygen atoms in total. The van der Waals surface area contributed by atoms with Crippen molar-refractivity contribution < 1.29 is 9.66 Å². The molecular formula is C15H16N2O3S. The monoisotopic (exact) mass is 304 g/mol. The van der Waals surface area contributed by atoms with Crippen LogP contribution >= 0.6 is 11.3 Å². The second-order valence-corrected chi connectivity index (χ2v) is 5.48. The van der Waals surface area contributed by atoms with E-state index in [1.54, 1.807) is 12.3 Å². The second kappa shape index (κ2) is 7.54. The summed E-state index contributed by atoms with van der Waals surface area (Å²) in [6.45, 7) is 2.84. The van der Waals surface area contributed by atoms with Gasteiger partial charge in [-0.3, -0.25) is 15.1 Å². The molecule has 110 valence electrons. The van der Waals surface area contributed by atoms with Crippen LogP contribution in [0.15, 0.2) is 41.4 Å². The summed E-state index contributed by atoms with van der Waals surface area (Å²) in [7, 11) is 0. The fraction of sp³-hybridized carbons (Fsp3) is 0.267. The minimum atomic E-state index is -0.398. The van der Waals surface area contributed by atoms with Gasteiger partial charge in [0.15, 0.2) is 0 Å². The minimum absolute atomic E-state index is 0.121. The van der Waals surface area contributed by atoms with Crippen LogP contribution in [0.5, 0.6) is 5.75 Å². The molecule has 0 saturated heterocycles. The highest BCUT2D eigenvalue weighted by Crippen LogP contribution is 2.24. The van der Waals surface area contributed by atoms with Gasteiger partial charge < -0.3 is 4.74 Å². The van der Waals surface area contributed by atoms with E-state index in [-0.39, 0.29) is 5.00 Å². The van der Waals surface area contributed by atoms with E-state index in [2.05, 4.69) is 11.9 Å². The van der Waals surface area contributed by atoms with Crippen LogP contribution in [0.1, 0.15) is 24.6 Å². The van der Waals surface area contributed by atoms with E-state index in [0.29, 0.717) is 0 Å². The summed E-state index contributed by atoms with van der Waals surface area (Å²) in [6.07, 6.45) is 3.77. The lowest BCUT2D eigenvalue weighted by Crippen LogP contribution is -1.95. The summed E-state index contributed by atoms with van der Waals surface area (Å²) in [5.41, 5.74) is 0.786. The van der Waals surface area contributed by atoms with Gasteiger partial charge in [-0.25, -0.2) is 0 Å². The Morgan fingerprint density at radius 1 is 1.29 bits per heavy atom. The summed E-state index contributed by atoms with van der Waals surface area (Å²) >= 11 is 1.10. The number of aliphatic imine (C=N–C) groups is 1. The zero-order valence-corrected chi connectivity index (χ0v) is 12.5. The van der Waals surface area contributed by atoms with Crippen molar-refractivity contribution in [1.82, 2.24) is 0 Å². The molecule has 21 heavy (non-hydrogen) atoms. The van der Waals surface area contributed by atoms with Crippen molar-refractivity contribution in [3.8, 4) is 5.75 Å². The number of hydrogen-bond acceptors (Lipinski definition) is 5. The van der Waals surface area contributed by atoms with Gasteiger partial charge in [0.25, 0.3) is 0 Å². The summed E-state index contributed by atoms with van der Waals surface area (Å²) in [5, 5.41) is 10.7. The molecule has 0 aliphatic carbocycles. The van der Waals surface area contributed by atoms with Gasteiger partial charge in [0.2, 0.25) is 0 Å². The molecule has 0 bridgehead atoms. The van der Waals surface area contributed by atoms with Crippen LogP contribution in [0.4, 0.5) is 10.7 Å². The van der Waals surface area contributed by atoms with Crippen molar-refractivity contribution in [2.75, 3.05) is 6.61 Å². The second-order valence-electron chi connectivity index (χ2n) is 4.39. The van der Waals surface area contributed by atoms with Crippen LogP contribution in [-0.2, 0) is 0 Å². The third kappa shape index (κ3) is 4.68. The lowest BCUT2D eigenvalue weighted by atomic mass is 10.3. The molecule has 0 atom stereocenters.